The molecule has 184 valence electrons. The van der Waals surface area contributed by atoms with Crippen molar-refractivity contribution in [2.45, 2.75) is 71.1 Å². The number of benzene rings is 1. The van der Waals surface area contributed by atoms with Crippen molar-refractivity contribution in [1.29, 1.82) is 0 Å². The third-order valence-corrected chi connectivity index (χ3v) is 7.88. The first-order valence-electron chi connectivity index (χ1n) is 12.6. The van der Waals surface area contributed by atoms with Crippen LogP contribution in [0.3, 0.4) is 0 Å². The second-order valence-corrected chi connectivity index (χ2v) is 10.5. The number of nitrogens with zero attached hydrogens (tertiary/aromatic N) is 4. The van der Waals surface area contributed by atoms with Crippen molar-refractivity contribution in [2.24, 2.45) is 11.3 Å². The zero-order chi connectivity index (χ0) is 23.8. The maximum absolute atomic E-state index is 12.8. The van der Waals surface area contributed by atoms with Crippen LogP contribution in [0.5, 0.6) is 11.5 Å². The number of hydrogen-bond donors (Lipinski definition) is 0. The molecule has 1 amide bonds. The van der Waals surface area contributed by atoms with Gasteiger partial charge in [0, 0.05) is 37.5 Å². The predicted octanol–water partition coefficient (Wildman–Crippen LogP) is 4.01. The molecule has 2 atom stereocenters. The van der Waals surface area contributed by atoms with Gasteiger partial charge in [0.1, 0.15) is 18.3 Å². The van der Waals surface area contributed by atoms with Crippen LogP contribution in [0.1, 0.15) is 64.5 Å². The molecule has 3 aliphatic rings. The summed E-state index contributed by atoms with van der Waals surface area (Å²) in [6.45, 7) is 10.0. The number of hydrogen-bond acceptors (Lipinski definition) is 6. The van der Waals surface area contributed by atoms with E-state index in [1.165, 1.54) is 6.33 Å². The molecule has 8 heteroatoms. The molecule has 2 aromatic rings. The van der Waals surface area contributed by atoms with Crippen molar-refractivity contribution in [3.8, 4) is 11.5 Å². The van der Waals surface area contributed by atoms with Gasteiger partial charge in [-0.1, -0.05) is 12.1 Å². The second-order valence-electron chi connectivity index (χ2n) is 10.5. The van der Waals surface area contributed by atoms with E-state index in [4.69, 9.17) is 14.2 Å². The molecule has 3 aliphatic heterocycles. The van der Waals surface area contributed by atoms with E-state index in [0.717, 1.165) is 69.0 Å². The molecule has 1 aromatic heterocycles. The number of fused-ring (bicyclic) bond motifs is 3. The van der Waals surface area contributed by atoms with Gasteiger partial charge in [-0.05, 0) is 57.9 Å². The van der Waals surface area contributed by atoms with Crippen LogP contribution in [0.2, 0.25) is 0 Å². The summed E-state index contributed by atoms with van der Waals surface area (Å²) in [5.74, 6) is 2.13. The molecular weight excluding hydrogens is 432 g/mol. The Balaban J connectivity index is 1.22. The number of piperidine rings is 1. The SMILES string of the molecule is CCOc1cccc2c1OC(C)(C)[C@H]1CC3(CCN(C(=O)CCCn4cncn4)CC3)CO[C@H]21. The van der Waals surface area contributed by atoms with Gasteiger partial charge in [0.25, 0.3) is 0 Å². The molecule has 5 rings (SSSR count). The Morgan fingerprint density at radius 1 is 1.26 bits per heavy atom. The summed E-state index contributed by atoms with van der Waals surface area (Å²) in [4.78, 5) is 18.8. The lowest BCUT2D eigenvalue weighted by Crippen LogP contribution is -2.54. The van der Waals surface area contributed by atoms with Gasteiger partial charge in [0.05, 0.1) is 19.3 Å². The fourth-order valence-electron chi connectivity index (χ4n) is 5.88. The number of likely N-dealkylation sites (tertiary alicyclic amines) is 1. The number of rotatable bonds is 6. The van der Waals surface area contributed by atoms with Gasteiger partial charge in [-0.3, -0.25) is 9.48 Å². The number of carbonyl (C=O) groups is 1. The predicted molar refractivity (Wildman–Crippen MR) is 127 cm³/mol. The van der Waals surface area contributed by atoms with Gasteiger partial charge >= 0.3 is 0 Å². The Morgan fingerprint density at radius 2 is 2.09 bits per heavy atom. The summed E-state index contributed by atoms with van der Waals surface area (Å²) in [7, 11) is 0. The molecule has 0 bridgehead atoms. The minimum atomic E-state index is -0.355. The minimum absolute atomic E-state index is 0.0150. The van der Waals surface area contributed by atoms with E-state index in [-0.39, 0.29) is 28.9 Å². The Labute approximate surface area is 201 Å². The topological polar surface area (TPSA) is 78.7 Å². The molecule has 34 heavy (non-hydrogen) atoms. The Morgan fingerprint density at radius 3 is 2.82 bits per heavy atom. The first-order valence-corrected chi connectivity index (χ1v) is 12.6. The standard InChI is InChI=1S/C26H36N4O4/c1-4-32-21-8-5-7-19-23-20(25(2,3)34-24(19)21)15-26(16-33-23)10-13-29(14-11-26)22(31)9-6-12-30-18-27-17-28-30/h5,7-8,17-18,20,23H,4,6,9-16H2,1-3H3/t20-,23+/m0/s1. The number of aromatic nitrogens is 3. The normalized spacial score (nSPS) is 24.7. The van der Waals surface area contributed by atoms with Crippen molar-refractivity contribution in [3.05, 3.63) is 36.4 Å². The molecule has 1 aromatic carbocycles. The van der Waals surface area contributed by atoms with Gasteiger partial charge < -0.3 is 19.1 Å². The van der Waals surface area contributed by atoms with E-state index >= 15 is 0 Å². The van der Waals surface area contributed by atoms with Crippen molar-refractivity contribution >= 4 is 5.91 Å². The smallest absolute Gasteiger partial charge is 0.222 e. The molecule has 2 saturated heterocycles. The minimum Gasteiger partial charge on any atom is -0.490 e. The lowest BCUT2D eigenvalue weighted by molar-refractivity contribution is -0.176. The fourth-order valence-corrected chi connectivity index (χ4v) is 5.88. The molecular formula is C26H36N4O4. The van der Waals surface area contributed by atoms with E-state index in [1.54, 1.807) is 11.0 Å². The third-order valence-electron chi connectivity index (χ3n) is 7.88. The van der Waals surface area contributed by atoms with E-state index in [0.29, 0.717) is 13.0 Å². The van der Waals surface area contributed by atoms with Gasteiger partial charge in [0.15, 0.2) is 11.5 Å². The van der Waals surface area contributed by atoms with Crippen LogP contribution in [0.25, 0.3) is 0 Å². The quantitative estimate of drug-likeness (QED) is 0.637. The molecule has 0 aliphatic carbocycles. The summed E-state index contributed by atoms with van der Waals surface area (Å²) in [6.07, 6.45) is 7.58. The van der Waals surface area contributed by atoms with E-state index in [1.807, 2.05) is 24.0 Å². The Hall–Kier alpha value is -2.61. The van der Waals surface area contributed by atoms with Crippen LogP contribution >= 0.6 is 0 Å². The molecule has 0 radical (unpaired) electrons. The lowest BCUT2D eigenvalue weighted by atomic mass is 9.64. The summed E-state index contributed by atoms with van der Waals surface area (Å²) in [5, 5.41) is 4.10. The number of carbonyl (C=O) groups excluding carboxylic acids is 1. The average Bonchev–Trinajstić information content (AvgIpc) is 3.34. The van der Waals surface area contributed by atoms with E-state index in [2.05, 4.69) is 30.0 Å². The van der Waals surface area contributed by atoms with Crippen LogP contribution in [-0.2, 0) is 16.1 Å². The number of para-hydroxylation sites is 1. The molecule has 4 heterocycles. The van der Waals surface area contributed by atoms with Crippen LogP contribution < -0.4 is 9.47 Å². The highest BCUT2D eigenvalue weighted by Gasteiger charge is 2.53. The highest BCUT2D eigenvalue weighted by molar-refractivity contribution is 5.76. The summed E-state index contributed by atoms with van der Waals surface area (Å²) >= 11 is 0. The molecule has 0 unspecified atom stereocenters. The number of aryl methyl sites for hydroxylation is 1. The number of ether oxygens (including phenoxy) is 3. The third kappa shape index (κ3) is 4.40. The summed E-state index contributed by atoms with van der Waals surface area (Å²) in [6, 6.07) is 6.12. The maximum Gasteiger partial charge on any atom is 0.222 e. The first kappa shape index (κ1) is 23.1. The van der Waals surface area contributed by atoms with Crippen molar-refractivity contribution in [1.82, 2.24) is 19.7 Å². The number of amides is 1. The monoisotopic (exact) mass is 468 g/mol. The average molecular weight is 469 g/mol. The van der Waals surface area contributed by atoms with E-state index in [9.17, 15) is 4.79 Å². The van der Waals surface area contributed by atoms with Crippen LogP contribution in [0.15, 0.2) is 30.9 Å². The van der Waals surface area contributed by atoms with Crippen molar-refractivity contribution < 1.29 is 19.0 Å². The largest absolute Gasteiger partial charge is 0.490 e. The lowest BCUT2D eigenvalue weighted by Gasteiger charge is -2.54. The zero-order valence-electron chi connectivity index (χ0n) is 20.5. The first-order chi connectivity index (χ1) is 16.4. The second kappa shape index (κ2) is 9.21. The molecule has 1 spiro atoms. The van der Waals surface area contributed by atoms with Crippen molar-refractivity contribution in [3.63, 3.8) is 0 Å². The van der Waals surface area contributed by atoms with Crippen LogP contribution in [0, 0.1) is 11.3 Å². The zero-order valence-corrected chi connectivity index (χ0v) is 20.5. The molecule has 0 N–H and O–H groups in total. The summed E-state index contributed by atoms with van der Waals surface area (Å²) < 4.78 is 20.8. The van der Waals surface area contributed by atoms with Crippen LogP contribution in [-0.4, -0.2) is 57.5 Å². The van der Waals surface area contributed by atoms with Crippen molar-refractivity contribution in [2.75, 3.05) is 26.3 Å². The highest BCUT2D eigenvalue weighted by atomic mass is 16.5. The Kier molecular flexibility index (Phi) is 6.27. The Bertz CT molecular complexity index is 998. The molecule has 8 nitrogen and oxygen atoms in total. The van der Waals surface area contributed by atoms with Crippen LogP contribution in [0.4, 0.5) is 0 Å². The van der Waals surface area contributed by atoms with E-state index < -0.39 is 0 Å². The molecule has 2 fully saturated rings. The summed E-state index contributed by atoms with van der Waals surface area (Å²) in [5.41, 5.74) is 0.853. The fraction of sp³-hybridized carbons (Fsp3) is 0.654. The highest BCUT2D eigenvalue weighted by Crippen LogP contribution is 2.57. The van der Waals surface area contributed by atoms with Gasteiger partial charge in [-0.2, -0.15) is 5.10 Å². The maximum atomic E-state index is 12.8. The van der Waals surface area contributed by atoms with Gasteiger partial charge in [-0.25, -0.2) is 4.98 Å². The molecule has 0 saturated carbocycles. The van der Waals surface area contributed by atoms with Gasteiger partial charge in [0.2, 0.25) is 5.91 Å². The van der Waals surface area contributed by atoms with Gasteiger partial charge in [-0.15, -0.1) is 0 Å².